The summed E-state index contributed by atoms with van der Waals surface area (Å²) in [5.41, 5.74) is 2.71. The van der Waals surface area contributed by atoms with Crippen molar-refractivity contribution >= 4 is 22.6 Å². The highest BCUT2D eigenvalue weighted by Gasteiger charge is 2.13. The minimum Gasteiger partial charge on any atom is -0.343 e. The fourth-order valence-electron chi connectivity index (χ4n) is 2.46. The molecule has 4 rings (SSSR count). The first-order chi connectivity index (χ1) is 10.7. The van der Waals surface area contributed by atoms with Gasteiger partial charge in [-0.25, -0.2) is 15.0 Å². The van der Waals surface area contributed by atoms with Gasteiger partial charge in [-0.05, 0) is 25.1 Å². The first-order valence-electron chi connectivity index (χ1n) is 6.82. The highest BCUT2D eigenvalue weighted by molar-refractivity contribution is 6.30. The summed E-state index contributed by atoms with van der Waals surface area (Å²) in [4.78, 5) is 16.7. The normalized spacial score (nSPS) is 11.2. The third kappa shape index (κ3) is 2.16. The van der Waals surface area contributed by atoms with Crippen LogP contribution in [0.1, 0.15) is 5.69 Å². The summed E-state index contributed by atoms with van der Waals surface area (Å²) < 4.78 is 1.88. The zero-order chi connectivity index (χ0) is 15.1. The van der Waals surface area contributed by atoms with Crippen molar-refractivity contribution < 1.29 is 0 Å². The molecule has 5 nitrogen and oxygen atoms in total. The molecule has 22 heavy (non-hydrogen) atoms. The number of benzene rings is 1. The maximum absolute atomic E-state index is 6.08. The lowest BCUT2D eigenvalue weighted by Gasteiger charge is -2.07. The molecule has 0 spiro atoms. The van der Waals surface area contributed by atoms with Crippen molar-refractivity contribution in [1.82, 2.24) is 24.5 Å². The molecule has 6 heteroatoms. The highest BCUT2D eigenvalue weighted by Crippen LogP contribution is 2.26. The maximum Gasteiger partial charge on any atom is 0.164 e. The van der Waals surface area contributed by atoms with Gasteiger partial charge in [0.2, 0.25) is 0 Å². The van der Waals surface area contributed by atoms with E-state index in [0.29, 0.717) is 10.8 Å². The molecule has 0 saturated carbocycles. The standard InChI is InChI=1S/C16H12ClN5/c1-10-7-13-15(19-10)20-14(11-3-2-4-12(17)8-11)21-16(13)22-6-5-18-9-22/h2-9H,1H3,(H,19,20,21). The van der Waals surface area contributed by atoms with E-state index in [9.17, 15) is 0 Å². The van der Waals surface area contributed by atoms with Gasteiger partial charge in [0, 0.05) is 28.7 Å². The van der Waals surface area contributed by atoms with Crippen molar-refractivity contribution in [2.24, 2.45) is 0 Å². The van der Waals surface area contributed by atoms with E-state index in [1.807, 2.05) is 48.0 Å². The van der Waals surface area contributed by atoms with Crippen molar-refractivity contribution in [2.75, 3.05) is 0 Å². The second-order valence-corrected chi connectivity index (χ2v) is 5.50. The number of aryl methyl sites for hydroxylation is 1. The average Bonchev–Trinajstić information content (AvgIpc) is 3.14. The van der Waals surface area contributed by atoms with Crippen LogP contribution in [-0.2, 0) is 0 Å². The van der Waals surface area contributed by atoms with Crippen LogP contribution in [0.15, 0.2) is 49.1 Å². The van der Waals surface area contributed by atoms with Crippen molar-refractivity contribution in [3.63, 3.8) is 0 Å². The molecule has 0 atom stereocenters. The largest absolute Gasteiger partial charge is 0.343 e. The van der Waals surface area contributed by atoms with E-state index in [1.165, 1.54) is 0 Å². The molecule has 1 N–H and O–H groups in total. The Morgan fingerprint density at radius 2 is 2.09 bits per heavy atom. The second kappa shape index (κ2) is 4.96. The quantitative estimate of drug-likeness (QED) is 0.613. The van der Waals surface area contributed by atoms with Gasteiger partial charge in [0.15, 0.2) is 11.6 Å². The van der Waals surface area contributed by atoms with E-state index in [-0.39, 0.29) is 0 Å². The third-order valence-electron chi connectivity index (χ3n) is 3.43. The molecule has 3 heterocycles. The summed E-state index contributed by atoms with van der Waals surface area (Å²) in [7, 11) is 0. The van der Waals surface area contributed by atoms with Crippen molar-refractivity contribution in [1.29, 1.82) is 0 Å². The Morgan fingerprint density at radius 1 is 1.18 bits per heavy atom. The Hall–Kier alpha value is -2.66. The molecule has 0 aliphatic heterocycles. The van der Waals surface area contributed by atoms with Gasteiger partial charge in [0.05, 0.1) is 5.39 Å². The molecule has 0 saturated heterocycles. The molecule has 3 aromatic heterocycles. The molecular weight excluding hydrogens is 298 g/mol. The van der Waals surface area contributed by atoms with E-state index in [4.69, 9.17) is 16.6 Å². The van der Waals surface area contributed by atoms with Crippen LogP contribution in [0.25, 0.3) is 28.2 Å². The van der Waals surface area contributed by atoms with Crippen LogP contribution in [0.3, 0.4) is 0 Å². The van der Waals surface area contributed by atoms with E-state index < -0.39 is 0 Å². The number of imidazole rings is 1. The zero-order valence-corrected chi connectivity index (χ0v) is 12.5. The predicted molar refractivity (Wildman–Crippen MR) is 86.2 cm³/mol. The van der Waals surface area contributed by atoms with Gasteiger partial charge < -0.3 is 4.98 Å². The first kappa shape index (κ1) is 13.0. The Kier molecular flexibility index (Phi) is 2.94. The minimum absolute atomic E-state index is 0.626. The van der Waals surface area contributed by atoms with Crippen molar-refractivity contribution in [3.8, 4) is 17.2 Å². The summed E-state index contributed by atoms with van der Waals surface area (Å²) in [5, 5.41) is 1.62. The van der Waals surface area contributed by atoms with Crippen LogP contribution >= 0.6 is 11.6 Å². The van der Waals surface area contributed by atoms with Crippen LogP contribution in [0.2, 0.25) is 5.02 Å². The Bertz CT molecular complexity index is 956. The van der Waals surface area contributed by atoms with Crippen LogP contribution in [0.5, 0.6) is 0 Å². The summed E-state index contributed by atoms with van der Waals surface area (Å²) in [6, 6.07) is 9.56. The SMILES string of the molecule is Cc1cc2c(-n3ccnc3)nc(-c3cccc(Cl)c3)nc2[nH]1. The molecule has 0 amide bonds. The number of fused-ring (bicyclic) bond motifs is 1. The number of aromatic amines is 1. The zero-order valence-electron chi connectivity index (χ0n) is 11.8. The molecule has 4 aromatic rings. The second-order valence-electron chi connectivity index (χ2n) is 5.07. The van der Waals surface area contributed by atoms with Gasteiger partial charge in [-0.2, -0.15) is 0 Å². The molecule has 0 radical (unpaired) electrons. The van der Waals surface area contributed by atoms with E-state index in [2.05, 4.69) is 15.0 Å². The van der Waals surface area contributed by atoms with Gasteiger partial charge in [-0.3, -0.25) is 4.57 Å². The molecule has 0 aliphatic carbocycles. The summed E-state index contributed by atoms with van der Waals surface area (Å²) >= 11 is 6.08. The number of hydrogen-bond acceptors (Lipinski definition) is 3. The molecule has 108 valence electrons. The van der Waals surface area contributed by atoms with Gasteiger partial charge in [0.25, 0.3) is 0 Å². The lowest BCUT2D eigenvalue weighted by atomic mass is 10.2. The number of rotatable bonds is 2. The van der Waals surface area contributed by atoms with Crippen LogP contribution in [0, 0.1) is 6.92 Å². The number of nitrogens with one attached hydrogen (secondary N) is 1. The topological polar surface area (TPSA) is 59.4 Å². The Morgan fingerprint density at radius 3 is 2.86 bits per heavy atom. The highest BCUT2D eigenvalue weighted by atomic mass is 35.5. The fourth-order valence-corrected chi connectivity index (χ4v) is 2.65. The lowest BCUT2D eigenvalue weighted by molar-refractivity contribution is 0.996. The summed E-state index contributed by atoms with van der Waals surface area (Å²) in [6.07, 6.45) is 5.32. The fraction of sp³-hybridized carbons (Fsp3) is 0.0625. The lowest BCUT2D eigenvalue weighted by Crippen LogP contribution is -1.99. The Labute approximate surface area is 131 Å². The van der Waals surface area contributed by atoms with Crippen LogP contribution in [-0.4, -0.2) is 24.5 Å². The molecule has 0 aliphatic rings. The van der Waals surface area contributed by atoms with E-state index in [1.54, 1.807) is 12.5 Å². The number of nitrogens with zero attached hydrogens (tertiary/aromatic N) is 4. The number of halogens is 1. The molecule has 1 aromatic carbocycles. The molecule has 0 fully saturated rings. The van der Waals surface area contributed by atoms with Crippen LogP contribution in [0.4, 0.5) is 0 Å². The number of H-pyrrole nitrogens is 1. The van der Waals surface area contributed by atoms with E-state index in [0.717, 1.165) is 28.1 Å². The minimum atomic E-state index is 0.626. The van der Waals surface area contributed by atoms with Crippen molar-refractivity contribution in [2.45, 2.75) is 6.92 Å². The maximum atomic E-state index is 6.08. The van der Waals surface area contributed by atoms with Gasteiger partial charge >= 0.3 is 0 Å². The van der Waals surface area contributed by atoms with E-state index >= 15 is 0 Å². The van der Waals surface area contributed by atoms with Gasteiger partial charge in [-0.1, -0.05) is 23.7 Å². The van der Waals surface area contributed by atoms with Gasteiger partial charge in [0.1, 0.15) is 12.0 Å². The average molecular weight is 310 g/mol. The monoisotopic (exact) mass is 309 g/mol. The first-order valence-corrected chi connectivity index (χ1v) is 7.20. The molecular formula is C16H12ClN5. The predicted octanol–water partition coefficient (Wildman–Crippen LogP) is 3.77. The van der Waals surface area contributed by atoms with Gasteiger partial charge in [-0.15, -0.1) is 0 Å². The Balaban J connectivity index is 2.01. The van der Waals surface area contributed by atoms with Crippen LogP contribution < -0.4 is 0 Å². The summed E-state index contributed by atoms with van der Waals surface area (Å²) in [5.74, 6) is 1.42. The smallest absolute Gasteiger partial charge is 0.164 e. The summed E-state index contributed by atoms with van der Waals surface area (Å²) in [6.45, 7) is 2.00. The van der Waals surface area contributed by atoms with Crippen molar-refractivity contribution in [3.05, 3.63) is 59.8 Å². The number of hydrogen-bond donors (Lipinski definition) is 1. The molecule has 0 unspecified atom stereocenters. The number of aromatic nitrogens is 5. The third-order valence-corrected chi connectivity index (χ3v) is 3.67. The molecule has 0 bridgehead atoms.